The summed E-state index contributed by atoms with van der Waals surface area (Å²) in [5.41, 5.74) is 0.602. The van der Waals surface area contributed by atoms with Gasteiger partial charge in [0.1, 0.15) is 0 Å². The highest BCUT2D eigenvalue weighted by molar-refractivity contribution is 7.92. The molecule has 12 heavy (non-hydrogen) atoms. The first-order valence-corrected chi connectivity index (χ1v) is 6.36. The van der Waals surface area contributed by atoms with Crippen molar-refractivity contribution in [1.82, 2.24) is 0 Å². The fourth-order valence-electron chi connectivity index (χ4n) is 0.655. The number of anilines is 1. The van der Waals surface area contributed by atoms with Crippen LogP contribution in [0.15, 0.2) is 16.8 Å². The molecular weight excluding hydrogens is 218 g/mol. The predicted octanol–water partition coefficient (Wildman–Crippen LogP) is 1.73. The van der Waals surface area contributed by atoms with E-state index in [1.54, 1.807) is 16.8 Å². The second kappa shape index (κ2) is 4.11. The van der Waals surface area contributed by atoms with Crippen molar-refractivity contribution in [2.45, 2.75) is 0 Å². The number of alkyl halides is 1. The van der Waals surface area contributed by atoms with Crippen molar-refractivity contribution in [3.05, 3.63) is 16.8 Å². The SMILES string of the molecule is O=S(=O)(CCCl)Nc1ccsc1. The van der Waals surface area contributed by atoms with Crippen LogP contribution in [-0.2, 0) is 10.0 Å². The lowest BCUT2D eigenvalue weighted by Crippen LogP contribution is -2.16. The van der Waals surface area contributed by atoms with E-state index in [-0.39, 0.29) is 11.6 Å². The van der Waals surface area contributed by atoms with E-state index in [2.05, 4.69) is 4.72 Å². The van der Waals surface area contributed by atoms with E-state index in [1.807, 2.05) is 0 Å². The Morgan fingerprint density at radius 2 is 2.33 bits per heavy atom. The molecule has 0 radical (unpaired) electrons. The summed E-state index contributed by atoms with van der Waals surface area (Å²) in [6, 6.07) is 1.70. The Labute approximate surface area is 80.4 Å². The van der Waals surface area contributed by atoms with Crippen molar-refractivity contribution in [3.63, 3.8) is 0 Å². The van der Waals surface area contributed by atoms with Gasteiger partial charge in [-0.25, -0.2) is 8.42 Å². The molecule has 0 aromatic carbocycles. The molecule has 1 heterocycles. The molecule has 1 aromatic heterocycles. The number of hydrogen-bond donors (Lipinski definition) is 1. The Bertz CT molecular complexity index is 319. The minimum Gasteiger partial charge on any atom is -0.283 e. The minimum atomic E-state index is -3.23. The van der Waals surface area contributed by atoms with E-state index >= 15 is 0 Å². The first-order chi connectivity index (χ1) is 5.64. The van der Waals surface area contributed by atoms with E-state index in [9.17, 15) is 8.42 Å². The molecule has 0 amide bonds. The van der Waals surface area contributed by atoms with Crippen LogP contribution in [0, 0.1) is 0 Å². The van der Waals surface area contributed by atoms with Gasteiger partial charge in [0.15, 0.2) is 0 Å². The van der Waals surface area contributed by atoms with Crippen molar-refractivity contribution in [3.8, 4) is 0 Å². The van der Waals surface area contributed by atoms with Crippen LogP contribution in [0.4, 0.5) is 5.69 Å². The van der Waals surface area contributed by atoms with Crippen LogP contribution in [0.2, 0.25) is 0 Å². The minimum absolute atomic E-state index is 0.0512. The zero-order chi connectivity index (χ0) is 9.03. The third-order valence-electron chi connectivity index (χ3n) is 1.14. The van der Waals surface area contributed by atoms with Gasteiger partial charge in [0, 0.05) is 11.3 Å². The highest BCUT2D eigenvalue weighted by Gasteiger charge is 2.08. The molecule has 3 nitrogen and oxygen atoms in total. The van der Waals surface area contributed by atoms with Crippen molar-refractivity contribution < 1.29 is 8.42 Å². The normalized spacial score (nSPS) is 11.4. The van der Waals surface area contributed by atoms with Crippen LogP contribution < -0.4 is 4.72 Å². The summed E-state index contributed by atoms with van der Waals surface area (Å²) in [5.74, 6) is 0.0594. The molecule has 1 aromatic rings. The van der Waals surface area contributed by atoms with Crippen molar-refractivity contribution in [1.29, 1.82) is 0 Å². The lowest BCUT2D eigenvalue weighted by Gasteiger charge is -2.02. The zero-order valence-electron chi connectivity index (χ0n) is 6.16. The number of hydrogen-bond acceptors (Lipinski definition) is 3. The molecule has 0 aliphatic heterocycles. The topological polar surface area (TPSA) is 46.2 Å². The van der Waals surface area contributed by atoms with E-state index in [4.69, 9.17) is 11.6 Å². The van der Waals surface area contributed by atoms with Crippen LogP contribution in [0.5, 0.6) is 0 Å². The van der Waals surface area contributed by atoms with Gasteiger partial charge in [-0.3, -0.25) is 4.72 Å². The van der Waals surface area contributed by atoms with Crippen molar-refractivity contribution >= 4 is 38.6 Å². The Balaban J connectivity index is 2.63. The van der Waals surface area contributed by atoms with Crippen molar-refractivity contribution in [2.24, 2.45) is 0 Å². The monoisotopic (exact) mass is 225 g/mol. The van der Waals surface area contributed by atoms with Gasteiger partial charge in [0.2, 0.25) is 10.0 Å². The number of thiophene rings is 1. The van der Waals surface area contributed by atoms with Gasteiger partial charge in [0.05, 0.1) is 11.4 Å². The van der Waals surface area contributed by atoms with Gasteiger partial charge in [-0.2, -0.15) is 11.3 Å². The van der Waals surface area contributed by atoms with Crippen LogP contribution >= 0.6 is 22.9 Å². The van der Waals surface area contributed by atoms with Gasteiger partial charge < -0.3 is 0 Å². The van der Waals surface area contributed by atoms with Crippen LogP contribution in [0.3, 0.4) is 0 Å². The summed E-state index contributed by atoms with van der Waals surface area (Å²) >= 11 is 6.75. The molecule has 1 N–H and O–H groups in total. The first kappa shape index (κ1) is 9.83. The lowest BCUT2D eigenvalue weighted by molar-refractivity contribution is 0.602. The van der Waals surface area contributed by atoms with Gasteiger partial charge in [-0.05, 0) is 11.4 Å². The summed E-state index contributed by atoms with van der Waals surface area (Å²) in [5, 5.41) is 3.53. The maximum atomic E-state index is 11.1. The van der Waals surface area contributed by atoms with E-state index in [0.717, 1.165) is 0 Å². The molecule has 0 bridgehead atoms. The molecule has 6 heteroatoms. The average molecular weight is 226 g/mol. The lowest BCUT2D eigenvalue weighted by atomic mass is 10.6. The predicted molar refractivity (Wildman–Crippen MR) is 52.4 cm³/mol. The fourth-order valence-corrected chi connectivity index (χ4v) is 2.72. The molecule has 0 saturated carbocycles. The average Bonchev–Trinajstić information content (AvgIpc) is 2.38. The van der Waals surface area contributed by atoms with Gasteiger partial charge in [-0.1, -0.05) is 0 Å². The Morgan fingerprint density at radius 1 is 1.58 bits per heavy atom. The zero-order valence-corrected chi connectivity index (χ0v) is 8.55. The third-order valence-corrected chi connectivity index (χ3v) is 3.53. The quantitative estimate of drug-likeness (QED) is 0.794. The van der Waals surface area contributed by atoms with Crippen LogP contribution in [-0.4, -0.2) is 20.1 Å². The highest BCUT2D eigenvalue weighted by Crippen LogP contribution is 2.13. The summed E-state index contributed by atoms with van der Waals surface area (Å²) in [7, 11) is -3.23. The molecule has 0 aliphatic rings. The standard InChI is InChI=1S/C6H8ClNO2S2/c7-2-4-12(9,10)8-6-1-3-11-5-6/h1,3,5,8H,2,4H2. The summed E-state index contributed by atoms with van der Waals surface area (Å²) in [6.45, 7) is 0. The smallest absolute Gasteiger partial charge is 0.233 e. The van der Waals surface area contributed by atoms with Gasteiger partial charge in [-0.15, -0.1) is 11.6 Å². The number of sulfonamides is 1. The highest BCUT2D eigenvalue weighted by atomic mass is 35.5. The third kappa shape index (κ3) is 3.00. The molecule has 0 fully saturated rings. The number of halogens is 1. The van der Waals surface area contributed by atoms with E-state index in [1.165, 1.54) is 11.3 Å². The molecule has 0 saturated heterocycles. The first-order valence-electron chi connectivity index (χ1n) is 3.23. The summed E-state index contributed by atoms with van der Waals surface area (Å²) < 4.78 is 24.6. The largest absolute Gasteiger partial charge is 0.283 e. The van der Waals surface area contributed by atoms with E-state index in [0.29, 0.717) is 5.69 Å². The summed E-state index contributed by atoms with van der Waals surface area (Å²) in [6.07, 6.45) is 0. The van der Waals surface area contributed by atoms with Gasteiger partial charge in [0.25, 0.3) is 0 Å². The van der Waals surface area contributed by atoms with Crippen LogP contribution in [0.25, 0.3) is 0 Å². The fraction of sp³-hybridized carbons (Fsp3) is 0.333. The maximum Gasteiger partial charge on any atom is 0.233 e. The van der Waals surface area contributed by atoms with Gasteiger partial charge >= 0.3 is 0 Å². The number of rotatable bonds is 4. The molecule has 0 spiro atoms. The second-order valence-corrected chi connectivity index (χ2v) is 5.12. The van der Waals surface area contributed by atoms with Crippen LogP contribution in [0.1, 0.15) is 0 Å². The molecule has 1 rings (SSSR count). The Kier molecular flexibility index (Phi) is 3.37. The molecule has 0 atom stereocenters. The molecule has 68 valence electrons. The number of nitrogens with one attached hydrogen (secondary N) is 1. The second-order valence-electron chi connectivity index (χ2n) is 2.12. The summed E-state index contributed by atoms with van der Waals surface area (Å²) in [4.78, 5) is 0. The van der Waals surface area contributed by atoms with Crippen molar-refractivity contribution in [2.75, 3.05) is 16.4 Å². The Morgan fingerprint density at radius 3 is 2.83 bits per heavy atom. The maximum absolute atomic E-state index is 11.1. The Hall–Kier alpha value is -0.260. The molecule has 0 aliphatic carbocycles. The molecular formula is C6H8ClNO2S2. The van der Waals surface area contributed by atoms with E-state index < -0.39 is 10.0 Å². The molecule has 0 unspecified atom stereocenters.